The van der Waals surface area contributed by atoms with Crippen molar-refractivity contribution in [2.45, 2.75) is 103 Å². The Hall–Kier alpha value is -0.770. The van der Waals surface area contributed by atoms with Crippen LogP contribution in [-0.4, -0.2) is 29.8 Å². The Labute approximate surface area is 135 Å². The molecule has 0 aromatic carbocycles. The van der Waals surface area contributed by atoms with E-state index in [1.807, 2.05) is 20.8 Å². The number of nitrogens with one attached hydrogen (secondary N) is 2. The maximum atomic E-state index is 11.9. The zero-order valence-electron chi connectivity index (χ0n) is 15.0. The van der Waals surface area contributed by atoms with E-state index in [4.69, 9.17) is 4.74 Å². The van der Waals surface area contributed by atoms with E-state index in [1.165, 1.54) is 25.7 Å². The third-order valence-corrected chi connectivity index (χ3v) is 5.10. The van der Waals surface area contributed by atoms with E-state index in [2.05, 4.69) is 24.5 Å². The molecule has 0 bridgehead atoms. The highest BCUT2D eigenvalue weighted by Crippen LogP contribution is 2.36. The van der Waals surface area contributed by atoms with Crippen molar-refractivity contribution in [1.29, 1.82) is 0 Å². The van der Waals surface area contributed by atoms with Gasteiger partial charge < -0.3 is 15.4 Å². The first kappa shape index (κ1) is 17.6. The highest BCUT2D eigenvalue weighted by molar-refractivity contribution is 5.68. The average molecular weight is 310 g/mol. The van der Waals surface area contributed by atoms with Crippen LogP contribution < -0.4 is 10.6 Å². The van der Waals surface area contributed by atoms with Crippen LogP contribution in [0.15, 0.2) is 0 Å². The zero-order chi connectivity index (χ0) is 16.4. The topological polar surface area (TPSA) is 50.4 Å². The van der Waals surface area contributed by atoms with Crippen LogP contribution >= 0.6 is 0 Å². The van der Waals surface area contributed by atoms with Crippen LogP contribution in [0.1, 0.15) is 79.6 Å². The molecule has 0 aliphatic heterocycles. The minimum Gasteiger partial charge on any atom is -0.444 e. The highest BCUT2D eigenvalue weighted by Gasteiger charge is 2.35. The number of amides is 1. The fraction of sp³-hybridized carbons (Fsp3) is 0.944. The molecule has 2 aliphatic carbocycles. The second-order valence-electron chi connectivity index (χ2n) is 8.81. The smallest absolute Gasteiger partial charge is 0.407 e. The van der Waals surface area contributed by atoms with Crippen molar-refractivity contribution >= 4 is 6.09 Å². The van der Waals surface area contributed by atoms with Gasteiger partial charge in [0.15, 0.2) is 0 Å². The maximum absolute atomic E-state index is 11.9. The summed E-state index contributed by atoms with van der Waals surface area (Å²) in [5.74, 6) is 0. The lowest BCUT2D eigenvalue weighted by Crippen LogP contribution is -2.48. The van der Waals surface area contributed by atoms with Gasteiger partial charge in [-0.15, -0.1) is 0 Å². The van der Waals surface area contributed by atoms with Crippen LogP contribution in [-0.2, 0) is 4.74 Å². The highest BCUT2D eigenvalue weighted by atomic mass is 16.6. The van der Waals surface area contributed by atoms with Crippen LogP contribution in [0, 0.1) is 5.41 Å². The number of carbonyl (C=O) groups is 1. The minimum absolute atomic E-state index is 0.249. The van der Waals surface area contributed by atoms with Gasteiger partial charge in [-0.2, -0.15) is 0 Å². The van der Waals surface area contributed by atoms with Crippen molar-refractivity contribution < 1.29 is 9.53 Å². The standard InChI is InChI=1S/C18H34N2O2/c1-17(2,3)22-16(21)20-14-10-9-13(12-14)19-15-8-6-7-11-18(15,4)5/h13-15,19H,6-12H2,1-5H3,(H,20,21). The van der Waals surface area contributed by atoms with E-state index < -0.39 is 5.60 Å². The second kappa shape index (κ2) is 6.77. The van der Waals surface area contributed by atoms with Gasteiger partial charge in [-0.25, -0.2) is 4.79 Å². The average Bonchev–Trinajstić information content (AvgIpc) is 2.76. The molecule has 3 unspecified atom stereocenters. The third-order valence-electron chi connectivity index (χ3n) is 5.10. The molecule has 2 rings (SSSR count). The molecule has 1 amide bonds. The molecule has 128 valence electrons. The van der Waals surface area contributed by atoms with Crippen molar-refractivity contribution in [3.05, 3.63) is 0 Å². The fourth-order valence-electron chi connectivity index (χ4n) is 3.83. The van der Waals surface area contributed by atoms with Crippen molar-refractivity contribution in [2.24, 2.45) is 5.41 Å². The molecule has 4 nitrogen and oxygen atoms in total. The summed E-state index contributed by atoms with van der Waals surface area (Å²) >= 11 is 0. The molecule has 0 aromatic heterocycles. The summed E-state index contributed by atoms with van der Waals surface area (Å²) in [4.78, 5) is 11.9. The van der Waals surface area contributed by atoms with E-state index in [9.17, 15) is 4.79 Å². The first-order chi connectivity index (χ1) is 10.2. The van der Waals surface area contributed by atoms with Crippen LogP contribution in [0.2, 0.25) is 0 Å². The summed E-state index contributed by atoms with van der Waals surface area (Å²) < 4.78 is 5.35. The van der Waals surface area contributed by atoms with E-state index in [-0.39, 0.29) is 12.1 Å². The van der Waals surface area contributed by atoms with E-state index in [1.54, 1.807) is 0 Å². The lowest BCUT2D eigenvalue weighted by molar-refractivity contribution is 0.0504. The van der Waals surface area contributed by atoms with E-state index in [0.717, 1.165) is 19.3 Å². The lowest BCUT2D eigenvalue weighted by Gasteiger charge is -2.40. The van der Waals surface area contributed by atoms with Gasteiger partial charge in [-0.05, 0) is 58.3 Å². The summed E-state index contributed by atoms with van der Waals surface area (Å²) in [7, 11) is 0. The molecule has 2 aliphatic rings. The van der Waals surface area contributed by atoms with Gasteiger partial charge in [0.25, 0.3) is 0 Å². The molecule has 0 radical (unpaired) electrons. The van der Waals surface area contributed by atoms with E-state index in [0.29, 0.717) is 17.5 Å². The van der Waals surface area contributed by atoms with Crippen molar-refractivity contribution in [3.8, 4) is 0 Å². The molecule has 2 N–H and O–H groups in total. The molecule has 0 heterocycles. The minimum atomic E-state index is -0.424. The number of hydrogen-bond acceptors (Lipinski definition) is 3. The molecular weight excluding hydrogens is 276 g/mol. The molecular formula is C18H34N2O2. The number of carbonyl (C=O) groups excluding carboxylic acids is 1. The predicted molar refractivity (Wildman–Crippen MR) is 90.0 cm³/mol. The molecule has 2 fully saturated rings. The molecule has 0 spiro atoms. The molecule has 4 heteroatoms. The number of rotatable bonds is 3. The van der Waals surface area contributed by atoms with Gasteiger partial charge >= 0.3 is 6.09 Å². The van der Waals surface area contributed by atoms with Gasteiger partial charge in [-0.1, -0.05) is 26.7 Å². The Kier molecular flexibility index (Phi) is 5.41. The summed E-state index contributed by atoms with van der Waals surface area (Å²) in [5.41, 5.74) is -0.0264. The van der Waals surface area contributed by atoms with Crippen LogP contribution in [0.4, 0.5) is 4.79 Å². The number of ether oxygens (including phenoxy) is 1. The van der Waals surface area contributed by atoms with Gasteiger partial charge in [0.1, 0.15) is 5.60 Å². The first-order valence-corrected chi connectivity index (χ1v) is 8.91. The summed E-state index contributed by atoms with van der Waals surface area (Å²) in [6.45, 7) is 10.5. The van der Waals surface area contributed by atoms with Crippen LogP contribution in [0.3, 0.4) is 0 Å². The lowest BCUT2D eigenvalue weighted by atomic mass is 9.73. The summed E-state index contributed by atoms with van der Waals surface area (Å²) in [5, 5.41) is 6.89. The van der Waals surface area contributed by atoms with Gasteiger partial charge in [-0.3, -0.25) is 0 Å². The van der Waals surface area contributed by atoms with Gasteiger partial charge in [0, 0.05) is 18.1 Å². The first-order valence-electron chi connectivity index (χ1n) is 8.91. The van der Waals surface area contributed by atoms with Crippen molar-refractivity contribution in [2.75, 3.05) is 0 Å². The normalized spacial score (nSPS) is 31.8. The third kappa shape index (κ3) is 5.15. The van der Waals surface area contributed by atoms with Gasteiger partial charge in [0.2, 0.25) is 0 Å². The SMILES string of the molecule is CC(C)(C)OC(=O)NC1CCC(NC2CCCCC2(C)C)C1. The van der Waals surface area contributed by atoms with Gasteiger partial charge in [0.05, 0.1) is 0 Å². The Morgan fingerprint density at radius 1 is 1.09 bits per heavy atom. The predicted octanol–water partition coefficient (Wildman–Crippen LogP) is 3.99. The Morgan fingerprint density at radius 2 is 1.77 bits per heavy atom. The quantitative estimate of drug-likeness (QED) is 0.828. The molecule has 2 saturated carbocycles. The maximum Gasteiger partial charge on any atom is 0.407 e. The largest absolute Gasteiger partial charge is 0.444 e. The monoisotopic (exact) mass is 310 g/mol. The molecule has 0 aromatic rings. The summed E-state index contributed by atoms with van der Waals surface area (Å²) in [6.07, 6.45) is 8.23. The fourth-order valence-corrected chi connectivity index (χ4v) is 3.83. The molecule has 0 saturated heterocycles. The Balaban J connectivity index is 1.77. The Bertz CT molecular complexity index is 387. The van der Waals surface area contributed by atoms with Crippen molar-refractivity contribution in [1.82, 2.24) is 10.6 Å². The second-order valence-corrected chi connectivity index (χ2v) is 8.81. The molecule has 22 heavy (non-hydrogen) atoms. The van der Waals surface area contributed by atoms with Crippen molar-refractivity contribution in [3.63, 3.8) is 0 Å². The summed E-state index contributed by atoms with van der Waals surface area (Å²) in [6, 6.07) is 1.40. The van der Waals surface area contributed by atoms with Crippen LogP contribution in [0.25, 0.3) is 0 Å². The Morgan fingerprint density at radius 3 is 2.41 bits per heavy atom. The van der Waals surface area contributed by atoms with E-state index >= 15 is 0 Å². The molecule has 3 atom stereocenters. The number of alkyl carbamates (subject to hydrolysis) is 1. The van der Waals surface area contributed by atoms with Crippen LogP contribution in [0.5, 0.6) is 0 Å². The number of hydrogen-bond donors (Lipinski definition) is 2. The zero-order valence-corrected chi connectivity index (χ0v) is 15.0.